The molecule has 0 aliphatic rings. The van der Waals surface area contributed by atoms with Crippen LogP contribution in [0.3, 0.4) is 0 Å². The number of pyridine rings is 8. The molecule has 16 heteroatoms. The monoisotopic (exact) mass is 2730 g/mol. The maximum absolute atomic E-state index is 6.44. The summed E-state index contributed by atoms with van der Waals surface area (Å²) < 4.78 is 18.7. The number of aromatic nitrogens is 8. The SMILES string of the molecule is CC(C)(C)c1ccnc(-c2[c-]cccc2)c1.CC(C)Cc1cccc2c1oc1c(-c3cc(-c4ccccc4)ccn3)[c-]ccc12.CC(C)c1cccc2c1oc1c(-c3ccccn3)[c-]ccc12.Cc1ccc(-c2[c-]cccc2)nc1.Cc1cccc(-c2[c-]cccc2)n1.[Ir].[Ir].[Ir].[Ir].[Ir].[c-]1ccc2c(oc3ccccc32)c1-c1ccccn1.[c-]1ccccc1-c1ccccn1.[c-]1ccccc1-c1ccccn1. The normalized spacial score (nSPS) is 10.5. The maximum Gasteiger partial charge on any atom is 0.124 e. The Kier molecular flexibility index (Phi) is 41.1. The van der Waals surface area contributed by atoms with Crippen LogP contribution in [0.5, 0.6) is 0 Å². The minimum Gasteiger partial charge on any atom is -0.501 e. The van der Waals surface area contributed by atoms with Gasteiger partial charge in [-0.15, -0.1) is 234 Å². The van der Waals surface area contributed by atoms with E-state index in [9.17, 15) is 0 Å². The fourth-order valence-corrected chi connectivity index (χ4v) is 15.5. The molecule has 0 atom stereocenters. The van der Waals surface area contributed by atoms with Crippen LogP contribution >= 0.6 is 0 Å². The minimum absolute atomic E-state index is 0. The second-order valence-electron chi connectivity index (χ2n) is 34.0. The second kappa shape index (κ2) is 53.8. The predicted octanol–water partition coefficient (Wildman–Crippen LogP) is 32.0. The summed E-state index contributed by atoms with van der Waals surface area (Å²) in [5.74, 6) is 0.996. The van der Waals surface area contributed by atoms with Gasteiger partial charge < -0.3 is 53.1 Å². The van der Waals surface area contributed by atoms with Crippen molar-refractivity contribution in [3.63, 3.8) is 0 Å². The first-order valence-corrected chi connectivity index (χ1v) is 45.5. The summed E-state index contributed by atoms with van der Waals surface area (Å²) >= 11 is 0. The first-order chi connectivity index (χ1) is 66.6. The number of aryl methyl sites for hydroxylation is 2. The molecule has 5 radical (unpaired) electrons. The molecule has 23 aromatic rings. The molecule has 11 heterocycles. The number of hydrogen-bond acceptors (Lipinski definition) is 11. The molecular formula is C125H100Ir5N8O3-8. The van der Waals surface area contributed by atoms with Gasteiger partial charge in [0.2, 0.25) is 0 Å². The number of rotatable bonds is 12. The van der Waals surface area contributed by atoms with Gasteiger partial charge in [-0.25, -0.2) is 0 Å². The van der Waals surface area contributed by atoms with E-state index < -0.39 is 0 Å². The Hall–Kier alpha value is -13.5. The van der Waals surface area contributed by atoms with Crippen molar-refractivity contribution in [2.24, 2.45) is 5.92 Å². The van der Waals surface area contributed by atoms with Gasteiger partial charge in [-0.1, -0.05) is 251 Å². The van der Waals surface area contributed by atoms with Gasteiger partial charge >= 0.3 is 0 Å². The molecule has 0 aliphatic heterocycles. The van der Waals surface area contributed by atoms with Crippen LogP contribution in [0.4, 0.5) is 0 Å². The van der Waals surface area contributed by atoms with E-state index in [2.05, 4.69) is 240 Å². The quantitative estimate of drug-likeness (QED) is 0.108. The Morgan fingerprint density at radius 1 is 0.277 bits per heavy atom. The maximum atomic E-state index is 6.44. The Balaban J connectivity index is 0.000000156. The van der Waals surface area contributed by atoms with Crippen molar-refractivity contribution in [1.82, 2.24) is 39.9 Å². The van der Waals surface area contributed by atoms with Crippen LogP contribution in [-0.2, 0) is 112 Å². The number of para-hydroxylation sites is 3. The van der Waals surface area contributed by atoms with Gasteiger partial charge in [-0.3, -0.25) is 0 Å². The second-order valence-corrected chi connectivity index (χ2v) is 34.0. The summed E-state index contributed by atoms with van der Waals surface area (Å²) in [4.78, 5) is 35.0. The zero-order valence-corrected chi connectivity index (χ0v) is 91.1. The van der Waals surface area contributed by atoms with Gasteiger partial charge in [0.15, 0.2) is 0 Å². The van der Waals surface area contributed by atoms with Crippen LogP contribution in [-0.4, -0.2) is 39.9 Å². The van der Waals surface area contributed by atoms with Gasteiger partial charge in [0.05, 0.1) is 16.7 Å². The third-order valence-corrected chi connectivity index (χ3v) is 22.3. The summed E-state index contributed by atoms with van der Waals surface area (Å²) in [6.07, 6.45) is 13.8. The first-order valence-electron chi connectivity index (χ1n) is 45.5. The molecule has 711 valence electrons. The molecule has 0 saturated carbocycles. The Morgan fingerprint density at radius 3 is 1.15 bits per heavy atom. The topological polar surface area (TPSA) is 143 Å². The Labute approximate surface area is 894 Å². The van der Waals surface area contributed by atoms with Gasteiger partial charge in [0.1, 0.15) is 16.7 Å². The molecular weight excluding hydrogens is 2620 g/mol. The van der Waals surface area contributed by atoms with E-state index in [1.807, 2.05) is 305 Å². The molecule has 141 heavy (non-hydrogen) atoms. The molecule has 0 aliphatic carbocycles. The van der Waals surface area contributed by atoms with E-state index in [4.69, 9.17) is 13.3 Å². The minimum atomic E-state index is 0. The zero-order chi connectivity index (χ0) is 93.8. The van der Waals surface area contributed by atoms with Gasteiger partial charge in [-0.05, 0) is 165 Å². The Bertz CT molecular complexity index is 7570. The smallest absolute Gasteiger partial charge is 0.124 e. The van der Waals surface area contributed by atoms with E-state index in [-0.39, 0.29) is 106 Å². The average molecular weight is 2720 g/mol. The summed E-state index contributed by atoms with van der Waals surface area (Å²) in [5.41, 5.74) is 29.4. The number of benzene rings is 12. The number of hydrogen-bond donors (Lipinski definition) is 0. The zero-order valence-electron chi connectivity index (χ0n) is 79.2. The standard InChI is InChI=1S/C27H22NO.C20H16NO.C17H10NO.C15H16N.2C12H10N.2C11H8N.5Ir/c1-18(2)16-21-10-6-11-22-23-12-7-13-24(27(23)29-26(21)22)25-17-20(14-15-28-25)19-8-4-3-5-9-19;1-13(2)14-7-5-8-15-16-9-6-10-17(20(16)22-19(14)15)18-11-3-4-12-21-18;1-2-10-16-12(6-1)13-7-5-8-14(17(13)19-16)15-9-3-4-11-18-15;1-15(2,3)13-9-10-16-14(11-13)12-7-5-4-6-8-12;1-10-6-5-9-12(13-10)11-7-3-2-4-8-11;1-10-7-8-12(13-9-10)11-5-3-2-4-6-11;2*1-2-6-10(7-3-1)11-8-4-5-9-12-11;;;;;/h3-12,14-15,17-18H,16H2,1-2H3;3-9,11-13H,1-2H3;1-7,9-11H;4-7,9-11H,1-3H3;2-7,9H,1H3;2-5,7-9H,1H3;2*1-6,8-9H;;;;;/q8*-1;;;;;. The molecule has 23 rings (SSSR count). The molecule has 11 nitrogen and oxygen atoms in total. The fraction of sp³-hybridized carbons (Fsp3) is 0.104. The van der Waals surface area contributed by atoms with Gasteiger partial charge in [-0.2, -0.15) is 0 Å². The molecule has 0 unspecified atom stereocenters. The third kappa shape index (κ3) is 28.7. The van der Waals surface area contributed by atoms with Crippen molar-refractivity contribution in [1.29, 1.82) is 0 Å². The molecule has 0 spiro atoms. The summed E-state index contributed by atoms with van der Waals surface area (Å²) in [6.45, 7) is 19.5. The van der Waals surface area contributed by atoms with Crippen molar-refractivity contribution in [2.75, 3.05) is 0 Å². The first kappa shape index (κ1) is 108. The van der Waals surface area contributed by atoms with E-state index in [1.54, 1.807) is 24.8 Å². The van der Waals surface area contributed by atoms with Crippen molar-refractivity contribution >= 4 is 65.8 Å². The van der Waals surface area contributed by atoms with Crippen molar-refractivity contribution in [3.05, 3.63) is 496 Å². The van der Waals surface area contributed by atoms with E-state index in [1.165, 1.54) is 27.8 Å². The number of nitrogens with zero attached hydrogens (tertiary/aromatic N) is 8. The Morgan fingerprint density at radius 2 is 0.674 bits per heavy atom. The molecule has 0 N–H and O–H groups in total. The van der Waals surface area contributed by atoms with Crippen molar-refractivity contribution < 1.29 is 114 Å². The van der Waals surface area contributed by atoms with Crippen LogP contribution in [0.1, 0.15) is 82.3 Å². The molecule has 0 saturated heterocycles. The van der Waals surface area contributed by atoms with Gasteiger partial charge in [0.25, 0.3) is 0 Å². The van der Waals surface area contributed by atoms with Crippen LogP contribution in [0, 0.1) is 68.3 Å². The summed E-state index contributed by atoms with van der Waals surface area (Å²) in [6, 6.07) is 150. The van der Waals surface area contributed by atoms with E-state index in [0.29, 0.717) is 11.8 Å². The van der Waals surface area contributed by atoms with Crippen LogP contribution < -0.4 is 0 Å². The number of furan rings is 3. The van der Waals surface area contributed by atoms with Crippen LogP contribution in [0.2, 0.25) is 0 Å². The summed E-state index contributed by atoms with van der Waals surface area (Å²) in [5, 5.41) is 6.79. The predicted molar refractivity (Wildman–Crippen MR) is 556 cm³/mol. The fourth-order valence-electron chi connectivity index (χ4n) is 15.5. The van der Waals surface area contributed by atoms with Crippen molar-refractivity contribution in [3.8, 4) is 101 Å². The van der Waals surface area contributed by atoms with Crippen LogP contribution in [0.25, 0.3) is 167 Å². The van der Waals surface area contributed by atoms with Gasteiger partial charge in [0, 0.05) is 166 Å². The molecule has 0 amide bonds. The molecule has 0 bridgehead atoms. The largest absolute Gasteiger partial charge is 0.501 e. The van der Waals surface area contributed by atoms with E-state index >= 15 is 0 Å². The third-order valence-electron chi connectivity index (χ3n) is 22.3. The van der Waals surface area contributed by atoms with Crippen molar-refractivity contribution in [2.45, 2.75) is 80.1 Å². The molecule has 0 fully saturated rings. The summed E-state index contributed by atoms with van der Waals surface area (Å²) in [7, 11) is 0. The number of fused-ring (bicyclic) bond motifs is 9. The molecule has 11 aromatic heterocycles. The average Bonchev–Trinajstić information content (AvgIpc) is 1.61. The molecule has 12 aromatic carbocycles. The van der Waals surface area contributed by atoms with E-state index in [0.717, 1.165) is 174 Å². The van der Waals surface area contributed by atoms with Crippen LogP contribution in [0.15, 0.2) is 433 Å².